The van der Waals surface area contributed by atoms with Gasteiger partial charge in [-0.05, 0) is 27.2 Å². The van der Waals surface area contributed by atoms with Crippen molar-refractivity contribution in [2.75, 3.05) is 19.3 Å². The van der Waals surface area contributed by atoms with Crippen LogP contribution in [0.4, 0.5) is 0 Å². The van der Waals surface area contributed by atoms with Crippen molar-refractivity contribution in [1.82, 2.24) is 15.0 Å². The Hall–Kier alpha value is -0.500. The number of thiazole rings is 1. The zero-order chi connectivity index (χ0) is 13.8. The molecule has 0 saturated heterocycles. The van der Waals surface area contributed by atoms with E-state index in [1.807, 2.05) is 26.3 Å². The van der Waals surface area contributed by atoms with Crippen LogP contribution in [0, 0.1) is 6.92 Å². The van der Waals surface area contributed by atoms with Crippen LogP contribution in [0.2, 0.25) is 0 Å². The van der Waals surface area contributed by atoms with Gasteiger partial charge in [0.25, 0.3) is 0 Å². The minimum atomic E-state index is -3.17. The molecular formula is C11H21N3O2S2. The number of sulfonamides is 1. The summed E-state index contributed by atoms with van der Waals surface area (Å²) >= 11 is 1.65. The highest BCUT2D eigenvalue weighted by Crippen LogP contribution is 2.12. The van der Waals surface area contributed by atoms with Gasteiger partial charge < -0.3 is 5.32 Å². The standard InChI is InChI=1S/C11H21N3O2S2/c1-9-10(17-8-13-9)5-6-12-7-11(2,3)14-18(4,15)16/h8,12,14H,5-7H2,1-4H3. The van der Waals surface area contributed by atoms with E-state index in [2.05, 4.69) is 15.0 Å². The SMILES string of the molecule is Cc1ncsc1CCNCC(C)(C)NS(C)(=O)=O. The number of rotatable bonds is 7. The highest BCUT2D eigenvalue weighted by atomic mass is 32.2. The number of aromatic nitrogens is 1. The molecule has 0 aliphatic heterocycles. The molecule has 5 nitrogen and oxygen atoms in total. The van der Waals surface area contributed by atoms with E-state index in [1.54, 1.807) is 11.3 Å². The second kappa shape index (κ2) is 6.10. The summed E-state index contributed by atoms with van der Waals surface area (Å²) in [4.78, 5) is 5.47. The van der Waals surface area contributed by atoms with E-state index in [0.29, 0.717) is 6.54 Å². The molecule has 0 aliphatic rings. The number of hydrogen-bond donors (Lipinski definition) is 2. The first-order valence-electron chi connectivity index (χ1n) is 5.78. The first-order chi connectivity index (χ1) is 8.20. The Bertz CT molecular complexity index is 480. The minimum Gasteiger partial charge on any atom is -0.315 e. The molecular weight excluding hydrogens is 270 g/mol. The van der Waals surface area contributed by atoms with E-state index in [0.717, 1.165) is 18.7 Å². The first kappa shape index (κ1) is 15.6. The Labute approximate surface area is 113 Å². The van der Waals surface area contributed by atoms with Crippen molar-refractivity contribution in [2.24, 2.45) is 0 Å². The van der Waals surface area contributed by atoms with Crippen LogP contribution >= 0.6 is 11.3 Å². The fourth-order valence-electron chi connectivity index (χ4n) is 1.71. The molecule has 2 N–H and O–H groups in total. The van der Waals surface area contributed by atoms with Gasteiger partial charge in [-0.1, -0.05) is 0 Å². The monoisotopic (exact) mass is 291 g/mol. The lowest BCUT2D eigenvalue weighted by molar-refractivity contribution is 0.423. The van der Waals surface area contributed by atoms with Gasteiger partial charge in [0.05, 0.1) is 17.5 Å². The molecule has 0 radical (unpaired) electrons. The maximum atomic E-state index is 11.2. The largest absolute Gasteiger partial charge is 0.315 e. The lowest BCUT2D eigenvalue weighted by atomic mass is 10.1. The fourth-order valence-corrected chi connectivity index (χ4v) is 3.56. The number of nitrogens with zero attached hydrogens (tertiary/aromatic N) is 1. The highest BCUT2D eigenvalue weighted by molar-refractivity contribution is 7.88. The summed E-state index contributed by atoms with van der Waals surface area (Å²) in [7, 11) is -3.17. The van der Waals surface area contributed by atoms with E-state index in [9.17, 15) is 8.42 Å². The topological polar surface area (TPSA) is 71.1 Å². The molecule has 7 heteroatoms. The molecule has 1 aromatic rings. The van der Waals surface area contributed by atoms with Crippen molar-refractivity contribution in [2.45, 2.75) is 32.7 Å². The lowest BCUT2D eigenvalue weighted by Gasteiger charge is -2.25. The van der Waals surface area contributed by atoms with Gasteiger partial charge in [-0.25, -0.2) is 18.1 Å². The molecule has 0 fully saturated rings. The van der Waals surface area contributed by atoms with Crippen LogP contribution in [0.5, 0.6) is 0 Å². The molecule has 0 atom stereocenters. The fraction of sp³-hybridized carbons (Fsp3) is 0.727. The zero-order valence-corrected chi connectivity index (χ0v) is 12.9. The summed E-state index contributed by atoms with van der Waals surface area (Å²) in [6, 6.07) is 0. The van der Waals surface area contributed by atoms with Gasteiger partial charge in [0.2, 0.25) is 10.0 Å². The summed E-state index contributed by atoms with van der Waals surface area (Å²) in [6.07, 6.45) is 2.10. The van der Waals surface area contributed by atoms with Crippen molar-refractivity contribution in [3.8, 4) is 0 Å². The Kier molecular flexibility index (Phi) is 5.27. The van der Waals surface area contributed by atoms with Gasteiger partial charge in [0, 0.05) is 23.5 Å². The van der Waals surface area contributed by atoms with E-state index in [1.165, 1.54) is 11.1 Å². The van der Waals surface area contributed by atoms with Crippen molar-refractivity contribution in [3.63, 3.8) is 0 Å². The summed E-state index contributed by atoms with van der Waals surface area (Å²) in [6.45, 7) is 7.13. The van der Waals surface area contributed by atoms with Crippen LogP contribution in [0.15, 0.2) is 5.51 Å². The van der Waals surface area contributed by atoms with Gasteiger partial charge in [-0.2, -0.15) is 0 Å². The molecule has 18 heavy (non-hydrogen) atoms. The average molecular weight is 291 g/mol. The summed E-state index contributed by atoms with van der Waals surface area (Å²) in [5.74, 6) is 0. The molecule has 0 spiro atoms. The van der Waals surface area contributed by atoms with Crippen LogP contribution in [0.3, 0.4) is 0 Å². The number of hydrogen-bond acceptors (Lipinski definition) is 5. The van der Waals surface area contributed by atoms with Crippen LogP contribution in [-0.2, 0) is 16.4 Å². The van der Waals surface area contributed by atoms with E-state index in [4.69, 9.17) is 0 Å². The third-order valence-electron chi connectivity index (χ3n) is 2.40. The van der Waals surface area contributed by atoms with Gasteiger partial charge in [-0.15, -0.1) is 11.3 Å². The molecule has 0 aliphatic carbocycles. The molecule has 0 saturated carbocycles. The maximum Gasteiger partial charge on any atom is 0.209 e. The number of nitrogens with one attached hydrogen (secondary N) is 2. The predicted octanol–water partition coefficient (Wildman–Crippen LogP) is 0.911. The van der Waals surface area contributed by atoms with Crippen LogP contribution < -0.4 is 10.0 Å². The number of aryl methyl sites for hydroxylation is 1. The molecule has 1 rings (SSSR count). The highest BCUT2D eigenvalue weighted by Gasteiger charge is 2.21. The van der Waals surface area contributed by atoms with Crippen LogP contribution in [-0.4, -0.2) is 38.3 Å². The van der Waals surface area contributed by atoms with Gasteiger partial charge in [0.15, 0.2) is 0 Å². The summed E-state index contributed by atoms with van der Waals surface area (Å²) < 4.78 is 24.9. The third kappa shape index (κ3) is 5.90. The predicted molar refractivity (Wildman–Crippen MR) is 75.5 cm³/mol. The lowest BCUT2D eigenvalue weighted by Crippen LogP contribution is -2.50. The average Bonchev–Trinajstić information content (AvgIpc) is 2.55. The maximum absolute atomic E-state index is 11.2. The Morgan fingerprint density at radius 2 is 2.11 bits per heavy atom. The molecule has 0 bridgehead atoms. The molecule has 1 heterocycles. The van der Waals surface area contributed by atoms with Crippen LogP contribution in [0.1, 0.15) is 24.4 Å². The van der Waals surface area contributed by atoms with Crippen molar-refractivity contribution >= 4 is 21.4 Å². The quantitative estimate of drug-likeness (QED) is 0.733. The van der Waals surface area contributed by atoms with Gasteiger partial charge in [-0.3, -0.25) is 0 Å². The summed E-state index contributed by atoms with van der Waals surface area (Å²) in [5, 5.41) is 3.27. The Morgan fingerprint density at radius 1 is 1.44 bits per heavy atom. The molecule has 0 amide bonds. The molecule has 1 aromatic heterocycles. The van der Waals surface area contributed by atoms with Crippen molar-refractivity contribution in [3.05, 3.63) is 16.1 Å². The third-order valence-corrected chi connectivity index (χ3v) is 4.32. The van der Waals surface area contributed by atoms with E-state index < -0.39 is 15.6 Å². The summed E-state index contributed by atoms with van der Waals surface area (Å²) in [5.41, 5.74) is 2.45. The first-order valence-corrected chi connectivity index (χ1v) is 8.55. The molecule has 0 unspecified atom stereocenters. The second-order valence-electron chi connectivity index (χ2n) is 5.05. The second-order valence-corrected chi connectivity index (χ2v) is 7.73. The van der Waals surface area contributed by atoms with Gasteiger partial charge in [0.1, 0.15) is 0 Å². The minimum absolute atomic E-state index is 0.476. The Balaban J connectivity index is 2.31. The van der Waals surface area contributed by atoms with E-state index >= 15 is 0 Å². The molecule has 104 valence electrons. The Morgan fingerprint density at radius 3 is 2.61 bits per heavy atom. The molecule has 0 aromatic carbocycles. The zero-order valence-electron chi connectivity index (χ0n) is 11.3. The van der Waals surface area contributed by atoms with Gasteiger partial charge >= 0.3 is 0 Å². The normalized spacial score (nSPS) is 12.9. The van der Waals surface area contributed by atoms with E-state index in [-0.39, 0.29) is 0 Å². The van der Waals surface area contributed by atoms with Crippen molar-refractivity contribution < 1.29 is 8.42 Å². The van der Waals surface area contributed by atoms with Crippen molar-refractivity contribution in [1.29, 1.82) is 0 Å². The smallest absolute Gasteiger partial charge is 0.209 e. The van der Waals surface area contributed by atoms with Crippen LogP contribution in [0.25, 0.3) is 0 Å².